The Balaban J connectivity index is 2.04. The van der Waals surface area contributed by atoms with E-state index in [0.717, 1.165) is 6.42 Å². The van der Waals surface area contributed by atoms with E-state index in [0.29, 0.717) is 24.5 Å². The van der Waals surface area contributed by atoms with E-state index in [9.17, 15) is 4.79 Å². The van der Waals surface area contributed by atoms with E-state index in [2.05, 4.69) is 11.2 Å². The zero-order valence-electron chi connectivity index (χ0n) is 11.2. The van der Waals surface area contributed by atoms with Gasteiger partial charge in [-0.25, -0.2) is 0 Å². The Labute approximate surface area is 116 Å². The van der Waals surface area contributed by atoms with Gasteiger partial charge in [-0.3, -0.25) is 9.48 Å². The molecular formula is C13H18N4OS. The van der Waals surface area contributed by atoms with Crippen LogP contribution in [-0.2, 0) is 13.0 Å². The molecule has 1 amide bonds. The number of likely N-dealkylation sites (N-methyl/N-ethyl adjacent to an activating group) is 1. The van der Waals surface area contributed by atoms with Crippen LogP contribution in [0.4, 0.5) is 5.69 Å². The van der Waals surface area contributed by atoms with Gasteiger partial charge in [0.1, 0.15) is 5.69 Å². The Hall–Kier alpha value is -1.82. The molecule has 6 heteroatoms. The minimum Gasteiger partial charge on any atom is -0.396 e. The molecule has 0 saturated carbocycles. The average molecular weight is 278 g/mol. The zero-order valence-corrected chi connectivity index (χ0v) is 12.0. The molecule has 0 bridgehead atoms. The Bertz CT molecular complexity index is 547. The van der Waals surface area contributed by atoms with E-state index in [1.807, 2.05) is 18.4 Å². The number of amides is 1. The first-order chi connectivity index (χ1) is 9.13. The predicted octanol–water partition coefficient (Wildman–Crippen LogP) is 1.86. The van der Waals surface area contributed by atoms with Gasteiger partial charge in [-0.15, -0.1) is 11.3 Å². The molecule has 0 radical (unpaired) electrons. The van der Waals surface area contributed by atoms with E-state index in [-0.39, 0.29) is 5.91 Å². The number of nitrogens with zero attached hydrogens (tertiary/aromatic N) is 3. The van der Waals surface area contributed by atoms with Gasteiger partial charge in [0.15, 0.2) is 0 Å². The number of aromatic nitrogens is 2. The smallest absolute Gasteiger partial charge is 0.274 e. The second kappa shape index (κ2) is 5.88. The van der Waals surface area contributed by atoms with Crippen LogP contribution in [0.1, 0.15) is 22.3 Å². The van der Waals surface area contributed by atoms with Crippen LogP contribution in [0.5, 0.6) is 0 Å². The second-order valence-corrected chi connectivity index (χ2v) is 5.35. The van der Waals surface area contributed by atoms with Crippen LogP contribution < -0.4 is 5.73 Å². The van der Waals surface area contributed by atoms with Crippen LogP contribution in [0.3, 0.4) is 0 Å². The quantitative estimate of drug-likeness (QED) is 0.908. The Morgan fingerprint density at radius 1 is 1.58 bits per heavy atom. The van der Waals surface area contributed by atoms with Crippen molar-refractivity contribution in [2.75, 3.05) is 19.3 Å². The maximum atomic E-state index is 12.4. The summed E-state index contributed by atoms with van der Waals surface area (Å²) in [5.41, 5.74) is 6.74. The summed E-state index contributed by atoms with van der Waals surface area (Å²) in [6, 6.07) is 4.10. The van der Waals surface area contributed by atoms with Gasteiger partial charge in [0.2, 0.25) is 0 Å². The zero-order chi connectivity index (χ0) is 13.8. The summed E-state index contributed by atoms with van der Waals surface area (Å²) in [5.74, 6) is -0.0755. The lowest BCUT2D eigenvalue weighted by Gasteiger charge is -2.17. The van der Waals surface area contributed by atoms with E-state index >= 15 is 0 Å². The third-order valence-corrected chi connectivity index (χ3v) is 3.93. The van der Waals surface area contributed by atoms with Gasteiger partial charge in [-0.05, 0) is 24.8 Å². The van der Waals surface area contributed by atoms with Crippen molar-refractivity contribution in [2.24, 2.45) is 0 Å². The van der Waals surface area contributed by atoms with Crippen LogP contribution in [-0.4, -0.2) is 34.2 Å². The highest BCUT2D eigenvalue weighted by Crippen LogP contribution is 2.14. The molecule has 5 nitrogen and oxygen atoms in total. The van der Waals surface area contributed by atoms with Crippen LogP contribution in [0.2, 0.25) is 0 Å². The number of thiophene rings is 1. The van der Waals surface area contributed by atoms with Crippen LogP contribution >= 0.6 is 11.3 Å². The van der Waals surface area contributed by atoms with Crippen molar-refractivity contribution in [3.63, 3.8) is 0 Å². The average Bonchev–Trinajstić information content (AvgIpc) is 3.04. The first-order valence-electron chi connectivity index (χ1n) is 6.22. The topological polar surface area (TPSA) is 64.2 Å². The third-order valence-electron chi connectivity index (χ3n) is 2.99. The van der Waals surface area contributed by atoms with Gasteiger partial charge in [-0.2, -0.15) is 5.10 Å². The lowest BCUT2D eigenvalue weighted by molar-refractivity contribution is 0.0785. The van der Waals surface area contributed by atoms with Crippen molar-refractivity contribution >= 4 is 22.9 Å². The maximum Gasteiger partial charge on any atom is 0.274 e. The molecule has 0 atom stereocenters. The summed E-state index contributed by atoms with van der Waals surface area (Å²) < 4.78 is 1.64. The number of carbonyl (C=O) groups is 1. The molecule has 0 aliphatic rings. The SMILES string of the molecule is CCn1ncc(N)c1C(=O)N(C)CCc1cccs1. The Morgan fingerprint density at radius 3 is 3.00 bits per heavy atom. The van der Waals surface area contributed by atoms with E-state index in [1.165, 1.54) is 11.1 Å². The van der Waals surface area contributed by atoms with Crippen LogP contribution in [0, 0.1) is 0 Å². The van der Waals surface area contributed by atoms with Crippen LogP contribution in [0.15, 0.2) is 23.7 Å². The minimum atomic E-state index is -0.0755. The predicted molar refractivity (Wildman–Crippen MR) is 77.3 cm³/mol. The lowest BCUT2D eigenvalue weighted by atomic mass is 10.3. The summed E-state index contributed by atoms with van der Waals surface area (Å²) in [5, 5.41) is 6.14. The van der Waals surface area contributed by atoms with Gasteiger partial charge in [0.05, 0.1) is 11.9 Å². The summed E-state index contributed by atoms with van der Waals surface area (Å²) in [4.78, 5) is 15.3. The molecule has 0 spiro atoms. The molecular weight excluding hydrogens is 260 g/mol. The third kappa shape index (κ3) is 2.96. The van der Waals surface area contributed by atoms with Gasteiger partial charge >= 0.3 is 0 Å². The molecule has 0 fully saturated rings. The molecule has 0 saturated heterocycles. The number of hydrogen-bond acceptors (Lipinski definition) is 4. The first kappa shape index (κ1) is 13.6. The number of nitrogens with two attached hydrogens (primary N) is 1. The highest BCUT2D eigenvalue weighted by Gasteiger charge is 2.19. The highest BCUT2D eigenvalue weighted by atomic mass is 32.1. The van der Waals surface area contributed by atoms with Gasteiger partial charge in [0, 0.05) is 25.0 Å². The number of nitrogen functional groups attached to an aromatic ring is 1. The maximum absolute atomic E-state index is 12.4. The monoisotopic (exact) mass is 278 g/mol. The molecule has 2 heterocycles. The van der Waals surface area contributed by atoms with Crippen molar-refractivity contribution in [2.45, 2.75) is 19.9 Å². The van der Waals surface area contributed by atoms with E-state index in [4.69, 9.17) is 5.73 Å². The number of carbonyl (C=O) groups excluding carboxylic acids is 1. The fourth-order valence-electron chi connectivity index (χ4n) is 1.89. The molecule has 102 valence electrons. The van der Waals surface area contributed by atoms with Crippen molar-refractivity contribution < 1.29 is 4.79 Å². The standard InChI is InChI=1S/C13H18N4OS/c1-3-17-12(11(14)9-15-17)13(18)16(2)7-6-10-5-4-8-19-10/h4-5,8-9H,3,6-7,14H2,1-2H3. The van der Waals surface area contributed by atoms with Gasteiger partial charge < -0.3 is 10.6 Å². The Morgan fingerprint density at radius 2 is 2.37 bits per heavy atom. The molecule has 2 N–H and O–H groups in total. The Kier molecular flexibility index (Phi) is 4.21. The largest absolute Gasteiger partial charge is 0.396 e. The molecule has 2 rings (SSSR count). The lowest BCUT2D eigenvalue weighted by Crippen LogP contribution is -2.31. The highest BCUT2D eigenvalue weighted by molar-refractivity contribution is 7.09. The summed E-state index contributed by atoms with van der Waals surface area (Å²) in [6.07, 6.45) is 2.39. The molecule has 2 aromatic rings. The van der Waals surface area contributed by atoms with Crippen LogP contribution in [0.25, 0.3) is 0 Å². The molecule has 0 aliphatic carbocycles. The van der Waals surface area contributed by atoms with E-state index in [1.54, 1.807) is 28.0 Å². The molecule has 0 aliphatic heterocycles. The number of hydrogen-bond donors (Lipinski definition) is 1. The summed E-state index contributed by atoms with van der Waals surface area (Å²) in [6.45, 7) is 3.25. The number of rotatable bonds is 5. The minimum absolute atomic E-state index is 0.0755. The van der Waals surface area contributed by atoms with Gasteiger partial charge in [0.25, 0.3) is 5.91 Å². The van der Waals surface area contributed by atoms with E-state index < -0.39 is 0 Å². The molecule has 2 aromatic heterocycles. The number of anilines is 1. The summed E-state index contributed by atoms with van der Waals surface area (Å²) in [7, 11) is 1.79. The molecule has 0 unspecified atom stereocenters. The van der Waals surface area contributed by atoms with Crippen molar-refractivity contribution in [1.82, 2.24) is 14.7 Å². The molecule has 0 aromatic carbocycles. The second-order valence-electron chi connectivity index (χ2n) is 4.32. The summed E-state index contributed by atoms with van der Waals surface area (Å²) >= 11 is 1.70. The van der Waals surface area contributed by atoms with Crippen molar-refractivity contribution in [1.29, 1.82) is 0 Å². The molecule has 19 heavy (non-hydrogen) atoms. The number of aryl methyl sites for hydroxylation is 1. The van der Waals surface area contributed by atoms with Gasteiger partial charge in [-0.1, -0.05) is 6.07 Å². The van der Waals surface area contributed by atoms with Crippen molar-refractivity contribution in [3.8, 4) is 0 Å². The normalized spacial score (nSPS) is 10.6. The van der Waals surface area contributed by atoms with Crippen molar-refractivity contribution in [3.05, 3.63) is 34.3 Å². The fourth-order valence-corrected chi connectivity index (χ4v) is 2.59. The first-order valence-corrected chi connectivity index (χ1v) is 7.10. The fraction of sp³-hybridized carbons (Fsp3) is 0.385.